The number of rotatable bonds is 0. The van der Waals surface area contributed by atoms with Crippen molar-refractivity contribution in [1.82, 2.24) is 10.3 Å². The first-order valence-corrected chi connectivity index (χ1v) is 6.13. The molecule has 0 saturated heterocycles. The molecule has 1 aromatic rings. The summed E-state index contributed by atoms with van der Waals surface area (Å²) in [5, 5.41) is 2.94. The van der Waals surface area contributed by atoms with Gasteiger partial charge < -0.3 is 10.3 Å². The topological polar surface area (TPSA) is 27.8 Å². The number of nitrogens with one attached hydrogen (secondary N) is 2. The summed E-state index contributed by atoms with van der Waals surface area (Å²) >= 11 is 21.8. The lowest BCUT2D eigenvalue weighted by Gasteiger charge is -2.18. The van der Waals surface area contributed by atoms with Crippen LogP contribution in [0.4, 0.5) is 0 Å². The first kappa shape index (κ1) is 10.4. The van der Waals surface area contributed by atoms with Gasteiger partial charge in [0.15, 0.2) is 3.95 Å². The van der Waals surface area contributed by atoms with Gasteiger partial charge in [0.05, 0.1) is 10.6 Å². The summed E-state index contributed by atoms with van der Waals surface area (Å²) < 4.78 is 1.39. The minimum absolute atomic E-state index is 0.601. The molecule has 1 aliphatic heterocycles. The molecule has 0 unspecified atom stereocenters. The van der Waals surface area contributed by atoms with E-state index in [-0.39, 0.29) is 0 Å². The van der Waals surface area contributed by atoms with E-state index in [0.717, 1.165) is 15.1 Å². The highest BCUT2D eigenvalue weighted by Gasteiger charge is 2.19. The van der Waals surface area contributed by atoms with E-state index in [1.54, 1.807) is 0 Å². The van der Waals surface area contributed by atoms with Crippen molar-refractivity contribution in [3.63, 3.8) is 0 Å². The van der Waals surface area contributed by atoms with Crippen molar-refractivity contribution >= 4 is 70.2 Å². The highest BCUT2D eigenvalue weighted by Crippen LogP contribution is 2.18. The zero-order valence-corrected chi connectivity index (χ0v) is 10.8. The number of fused-ring (bicyclic) bond motifs is 1. The molecule has 0 bridgehead atoms. The number of hydrogen-bond donors (Lipinski definition) is 2. The fraction of sp³-hybridized carbons (Fsp3) is 0.143. The summed E-state index contributed by atoms with van der Waals surface area (Å²) in [5.41, 5.74) is 1.81. The lowest BCUT2D eigenvalue weighted by Crippen LogP contribution is -2.36. The lowest BCUT2D eigenvalue weighted by atomic mass is 10.1. The third-order valence-electron chi connectivity index (χ3n) is 1.76. The molecule has 0 aromatic carbocycles. The summed E-state index contributed by atoms with van der Waals surface area (Å²) in [6.07, 6.45) is 0.631. The van der Waals surface area contributed by atoms with Crippen molar-refractivity contribution in [3.8, 4) is 0 Å². The molecule has 2 rings (SSSR count). The van der Waals surface area contributed by atoms with E-state index in [0.29, 0.717) is 20.4 Å². The molecular weight excluding hydrogens is 272 g/mol. The molecule has 0 atom stereocenters. The quantitative estimate of drug-likeness (QED) is 0.711. The SMILES string of the molecule is S=C1Cc2[nH]c(=S)sc(=S)c2C(=S)N1. The Morgan fingerprint density at radius 3 is 2.57 bits per heavy atom. The van der Waals surface area contributed by atoms with Crippen LogP contribution in [0.15, 0.2) is 0 Å². The maximum absolute atomic E-state index is 5.20. The number of H-pyrrole nitrogens is 1. The monoisotopic (exact) mass is 276 g/mol. The zero-order valence-electron chi connectivity index (χ0n) is 6.75. The van der Waals surface area contributed by atoms with E-state index >= 15 is 0 Å². The first-order valence-electron chi connectivity index (χ1n) is 3.68. The van der Waals surface area contributed by atoms with Crippen LogP contribution in [-0.4, -0.2) is 15.0 Å². The molecule has 0 spiro atoms. The molecular formula is C7H4N2S5. The number of thiocarbonyl (C=S) groups is 2. The number of aromatic nitrogens is 1. The molecule has 1 aromatic heterocycles. The second-order valence-corrected chi connectivity index (χ2v) is 5.96. The van der Waals surface area contributed by atoms with Gasteiger partial charge in [-0.15, -0.1) is 0 Å². The van der Waals surface area contributed by atoms with Crippen molar-refractivity contribution in [2.24, 2.45) is 0 Å². The maximum atomic E-state index is 5.20. The van der Waals surface area contributed by atoms with Gasteiger partial charge in [0.2, 0.25) is 0 Å². The molecule has 0 aliphatic carbocycles. The third-order valence-corrected chi connectivity index (χ3v) is 3.80. The van der Waals surface area contributed by atoms with Crippen molar-refractivity contribution in [2.75, 3.05) is 0 Å². The molecule has 14 heavy (non-hydrogen) atoms. The molecule has 2 heterocycles. The van der Waals surface area contributed by atoms with Gasteiger partial charge in [-0.05, 0) is 12.2 Å². The van der Waals surface area contributed by atoms with E-state index in [9.17, 15) is 0 Å². The van der Waals surface area contributed by atoms with Crippen molar-refractivity contribution in [3.05, 3.63) is 19.0 Å². The summed E-state index contributed by atoms with van der Waals surface area (Å²) in [7, 11) is 0. The molecule has 0 amide bonds. The Balaban J connectivity index is 2.77. The summed E-state index contributed by atoms with van der Waals surface area (Å²) in [4.78, 5) is 4.39. The Kier molecular flexibility index (Phi) is 2.85. The minimum atomic E-state index is 0.601. The molecule has 0 radical (unpaired) electrons. The van der Waals surface area contributed by atoms with Crippen LogP contribution in [0.1, 0.15) is 11.3 Å². The van der Waals surface area contributed by atoms with E-state index in [2.05, 4.69) is 10.3 Å². The number of hydrogen-bond acceptors (Lipinski definition) is 5. The van der Waals surface area contributed by atoms with Crippen molar-refractivity contribution < 1.29 is 0 Å². The Morgan fingerprint density at radius 2 is 1.86 bits per heavy atom. The maximum Gasteiger partial charge on any atom is 0.159 e. The van der Waals surface area contributed by atoms with Crippen LogP contribution in [0.2, 0.25) is 0 Å². The standard InChI is InChI=1S/C7H4N2S5/c10-3-1-2-4(5(11)9-3)6(12)14-7(13)8-2/h1H2,(H,8,13)(H,9,10,11). The van der Waals surface area contributed by atoms with Gasteiger partial charge in [0.25, 0.3) is 0 Å². The molecule has 7 heteroatoms. The van der Waals surface area contributed by atoms with E-state index in [4.69, 9.17) is 48.9 Å². The van der Waals surface area contributed by atoms with Crippen LogP contribution in [0.3, 0.4) is 0 Å². The molecule has 2 nitrogen and oxygen atoms in total. The molecule has 72 valence electrons. The van der Waals surface area contributed by atoms with Crippen molar-refractivity contribution in [2.45, 2.75) is 6.42 Å². The van der Waals surface area contributed by atoms with Gasteiger partial charge in [-0.1, -0.05) is 48.0 Å². The average molecular weight is 276 g/mol. The second-order valence-electron chi connectivity index (χ2n) is 2.71. The van der Waals surface area contributed by atoms with Crippen LogP contribution in [-0.2, 0) is 6.42 Å². The largest absolute Gasteiger partial charge is 0.340 e. The molecule has 1 aliphatic rings. The fourth-order valence-electron chi connectivity index (χ4n) is 1.23. The predicted molar refractivity (Wildman–Crippen MR) is 71.5 cm³/mol. The summed E-state index contributed by atoms with van der Waals surface area (Å²) in [6, 6.07) is 0. The van der Waals surface area contributed by atoms with E-state index in [1.807, 2.05) is 0 Å². The third kappa shape index (κ3) is 1.82. The Hall–Kier alpha value is -0.0800. The Bertz CT molecular complexity index is 538. The van der Waals surface area contributed by atoms with Gasteiger partial charge in [-0.3, -0.25) is 0 Å². The van der Waals surface area contributed by atoms with Gasteiger partial charge in [-0.25, -0.2) is 0 Å². The van der Waals surface area contributed by atoms with Crippen molar-refractivity contribution in [1.29, 1.82) is 0 Å². The van der Waals surface area contributed by atoms with Crippen LogP contribution >= 0.6 is 60.2 Å². The van der Waals surface area contributed by atoms with Gasteiger partial charge in [0, 0.05) is 12.1 Å². The predicted octanol–water partition coefficient (Wildman–Crippen LogP) is 2.68. The second kappa shape index (κ2) is 3.82. The number of aromatic amines is 1. The summed E-state index contributed by atoms with van der Waals surface area (Å²) in [6.45, 7) is 0. The van der Waals surface area contributed by atoms with Gasteiger partial charge in [-0.2, -0.15) is 0 Å². The van der Waals surface area contributed by atoms with Crippen LogP contribution in [0.25, 0.3) is 0 Å². The Morgan fingerprint density at radius 1 is 1.14 bits per heavy atom. The zero-order chi connectivity index (χ0) is 10.3. The lowest BCUT2D eigenvalue weighted by molar-refractivity contribution is 1.10. The van der Waals surface area contributed by atoms with Gasteiger partial charge >= 0.3 is 0 Å². The van der Waals surface area contributed by atoms with Crippen LogP contribution < -0.4 is 5.32 Å². The minimum Gasteiger partial charge on any atom is -0.340 e. The highest BCUT2D eigenvalue weighted by atomic mass is 32.2. The smallest absolute Gasteiger partial charge is 0.159 e. The molecule has 0 fully saturated rings. The summed E-state index contributed by atoms with van der Waals surface area (Å²) in [5.74, 6) is 0. The first-order chi connectivity index (χ1) is 6.58. The highest BCUT2D eigenvalue weighted by molar-refractivity contribution is 7.82. The van der Waals surface area contributed by atoms with E-state index < -0.39 is 0 Å². The van der Waals surface area contributed by atoms with Crippen LogP contribution in [0.5, 0.6) is 0 Å². The Labute approximate surface area is 105 Å². The van der Waals surface area contributed by atoms with Gasteiger partial charge in [0.1, 0.15) is 8.81 Å². The molecule has 2 N–H and O–H groups in total. The fourth-order valence-corrected chi connectivity index (χ4v) is 3.69. The van der Waals surface area contributed by atoms with Crippen LogP contribution in [0, 0.1) is 7.78 Å². The van der Waals surface area contributed by atoms with E-state index in [1.165, 1.54) is 11.3 Å². The molecule has 0 saturated carbocycles. The average Bonchev–Trinajstić information content (AvgIpc) is 1.99. The normalized spacial score (nSPS) is 14.9.